The molecule has 0 heterocycles. The molecule has 50 heavy (non-hydrogen) atoms. The average Bonchev–Trinajstić information content (AvgIpc) is 3.12. The van der Waals surface area contributed by atoms with E-state index in [1.165, 1.54) is 19.4 Å². The number of benzene rings is 5. The maximum Gasteiger partial charge on any atom is 0.343 e. The molecule has 0 fully saturated rings. The van der Waals surface area contributed by atoms with E-state index in [2.05, 4.69) is 39.8 Å². The predicted molar refractivity (Wildman–Crippen MR) is 195 cm³/mol. The zero-order valence-electron chi connectivity index (χ0n) is 29.7. The molecule has 0 saturated carbocycles. The summed E-state index contributed by atoms with van der Waals surface area (Å²) in [6.07, 6.45) is 0. The van der Waals surface area contributed by atoms with Gasteiger partial charge in [0.25, 0.3) is 0 Å². The van der Waals surface area contributed by atoms with Gasteiger partial charge < -0.3 is 18.9 Å². The Hall–Kier alpha value is -5.69. The minimum absolute atomic E-state index is 0.00715. The first-order valence-corrected chi connectivity index (χ1v) is 16.3. The van der Waals surface area contributed by atoms with Crippen molar-refractivity contribution in [2.45, 2.75) is 52.4 Å². The van der Waals surface area contributed by atoms with Crippen LogP contribution >= 0.6 is 0 Å². The van der Waals surface area contributed by atoms with E-state index in [-0.39, 0.29) is 35.2 Å². The molecule has 0 aliphatic heterocycles. The van der Waals surface area contributed by atoms with Crippen molar-refractivity contribution in [3.05, 3.63) is 155 Å². The van der Waals surface area contributed by atoms with E-state index in [1.807, 2.05) is 91.0 Å². The van der Waals surface area contributed by atoms with Gasteiger partial charge in [0.2, 0.25) is 0 Å². The number of hydrogen-bond donors (Lipinski definition) is 0. The third-order valence-corrected chi connectivity index (χ3v) is 8.46. The van der Waals surface area contributed by atoms with Crippen LogP contribution in [-0.4, -0.2) is 31.4 Å². The maximum atomic E-state index is 12.1. The normalized spacial score (nSPS) is 11.0. The smallest absolute Gasteiger partial charge is 0.343 e. The molecule has 0 bridgehead atoms. The highest BCUT2D eigenvalue weighted by molar-refractivity contribution is 5.91. The Morgan fingerprint density at radius 1 is 0.500 bits per heavy atom. The van der Waals surface area contributed by atoms with Crippen LogP contribution in [0.5, 0.6) is 23.0 Å². The monoisotopic (exact) mass is 672 g/mol. The Morgan fingerprint density at radius 3 is 1.26 bits per heavy atom. The van der Waals surface area contributed by atoms with Crippen LogP contribution in [0, 0.1) is 0 Å². The van der Waals surface area contributed by atoms with Crippen LogP contribution in [0.15, 0.2) is 127 Å². The number of ether oxygens (including phenoxy) is 4. The van der Waals surface area contributed by atoms with Crippen molar-refractivity contribution in [3.8, 4) is 23.0 Å². The van der Waals surface area contributed by atoms with Gasteiger partial charge in [-0.05, 0) is 89.8 Å². The zero-order valence-corrected chi connectivity index (χ0v) is 29.7. The summed E-state index contributed by atoms with van der Waals surface area (Å²) in [5, 5.41) is 0. The number of rotatable bonds is 11. The molecule has 7 nitrogen and oxygen atoms in total. The first-order chi connectivity index (χ1) is 23.8. The standard InChI is InChI=1S/C23H22O3.C20H22O4/c1-23(2,18-9-13-20(25-3)14-10-18)19-11-15-21(16-12-19)26-22(24)17-7-5-4-6-8-17;1-14(21)13-23-18-9-5-16(6-10-18)20(3,4)17-7-11-19(12-8-17)24-15(2)22/h4-16H,1-3H3;5-12H,13H2,1-4H3. The van der Waals surface area contributed by atoms with Gasteiger partial charge in [0, 0.05) is 17.8 Å². The fraction of sp³-hybridized carbons (Fsp3) is 0.233. The minimum atomic E-state index is -0.354. The van der Waals surface area contributed by atoms with Crippen molar-refractivity contribution in [1.29, 1.82) is 0 Å². The first-order valence-electron chi connectivity index (χ1n) is 16.3. The van der Waals surface area contributed by atoms with Crippen LogP contribution in [0.3, 0.4) is 0 Å². The molecule has 0 saturated heterocycles. The van der Waals surface area contributed by atoms with Crippen LogP contribution in [0.4, 0.5) is 0 Å². The number of carbonyl (C=O) groups excluding carboxylic acids is 3. The molecule has 0 aliphatic carbocycles. The van der Waals surface area contributed by atoms with E-state index in [0.29, 0.717) is 22.8 Å². The number of Topliss-reactive ketones (excluding diaryl/α,β-unsaturated/α-hetero) is 1. The number of ketones is 1. The largest absolute Gasteiger partial charge is 0.497 e. The maximum absolute atomic E-state index is 12.1. The Morgan fingerprint density at radius 2 is 0.880 bits per heavy atom. The fourth-order valence-electron chi connectivity index (χ4n) is 5.28. The highest BCUT2D eigenvalue weighted by atomic mass is 16.5. The molecular formula is C43H44O7. The first kappa shape index (κ1) is 37.1. The topological polar surface area (TPSA) is 88.1 Å². The molecule has 0 radical (unpaired) electrons. The van der Waals surface area contributed by atoms with Crippen molar-refractivity contribution < 1.29 is 33.3 Å². The van der Waals surface area contributed by atoms with Gasteiger partial charge in [-0.2, -0.15) is 0 Å². The summed E-state index contributed by atoms with van der Waals surface area (Å²) in [4.78, 5) is 34.1. The van der Waals surface area contributed by atoms with Crippen LogP contribution in [0.2, 0.25) is 0 Å². The molecule has 0 N–H and O–H groups in total. The zero-order chi connectivity index (χ0) is 36.3. The molecule has 258 valence electrons. The lowest BCUT2D eigenvalue weighted by atomic mass is 9.78. The molecule has 7 heteroatoms. The van der Waals surface area contributed by atoms with Crippen LogP contribution < -0.4 is 18.9 Å². The molecule has 5 aromatic carbocycles. The number of hydrogen-bond acceptors (Lipinski definition) is 7. The predicted octanol–water partition coefficient (Wildman–Crippen LogP) is 9.15. The second-order valence-corrected chi connectivity index (χ2v) is 12.9. The van der Waals surface area contributed by atoms with E-state index < -0.39 is 0 Å². The summed E-state index contributed by atoms with van der Waals surface area (Å²) in [5.74, 6) is 1.90. The lowest BCUT2D eigenvalue weighted by Crippen LogP contribution is -2.18. The van der Waals surface area contributed by atoms with E-state index in [0.717, 1.165) is 22.4 Å². The summed E-state index contributed by atoms with van der Waals surface area (Å²) in [5.41, 5.74) is 4.71. The van der Waals surface area contributed by atoms with Gasteiger partial charge in [-0.3, -0.25) is 9.59 Å². The van der Waals surface area contributed by atoms with Gasteiger partial charge in [0.15, 0.2) is 5.78 Å². The van der Waals surface area contributed by atoms with Gasteiger partial charge >= 0.3 is 11.9 Å². The van der Waals surface area contributed by atoms with Gasteiger partial charge in [0.05, 0.1) is 12.7 Å². The summed E-state index contributed by atoms with van der Waals surface area (Å²) in [7, 11) is 1.66. The van der Waals surface area contributed by atoms with Crippen molar-refractivity contribution in [3.63, 3.8) is 0 Å². The second kappa shape index (κ2) is 16.6. The highest BCUT2D eigenvalue weighted by Crippen LogP contribution is 2.34. The van der Waals surface area contributed by atoms with Crippen molar-refractivity contribution in [1.82, 2.24) is 0 Å². The third kappa shape index (κ3) is 9.92. The highest BCUT2D eigenvalue weighted by Gasteiger charge is 2.24. The lowest BCUT2D eigenvalue weighted by Gasteiger charge is -2.26. The fourth-order valence-corrected chi connectivity index (χ4v) is 5.28. The molecular weight excluding hydrogens is 628 g/mol. The molecule has 0 unspecified atom stereocenters. The summed E-state index contributed by atoms with van der Waals surface area (Å²) in [6.45, 7) is 11.5. The Labute approximate surface area is 294 Å². The molecule has 0 atom stereocenters. The van der Waals surface area contributed by atoms with Gasteiger partial charge in [-0.1, -0.05) is 94.4 Å². The summed E-state index contributed by atoms with van der Waals surface area (Å²) in [6, 6.07) is 39.9. The van der Waals surface area contributed by atoms with E-state index in [1.54, 1.807) is 31.4 Å². The quantitative estimate of drug-likeness (QED) is 0.102. The summed E-state index contributed by atoms with van der Waals surface area (Å²) < 4.78 is 21.1. The van der Waals surface area contributed by atoms with Gasteiger partial charge in [-0.15, -0.1) is 0 Å². The molecule has 0 spiro atoms. The third-order valence-electron chi connectivity index (χ3n) is 8.46. The van der Waals surface area contributed by atoms with E-state index >= 15 is 0 Å². The Bertz CT molecular complexity index is 1860. The SMILES string of the molecule is CC(=O)COc1ccc(C(C)(C)c2ccc(OC(C)=O)cc2)cc1.COc1ccc(C(C)(C)c2ccc(OC(=O)c3ccccc3)cc2)cc1. The van der Waals surface area contributed by atoms with E-state index in [9.17, 15) is 14.4 Å². The summed E-state index contributed by atoms with van der Waals surface area (Å²) >= 11 is 0. The van der Waals surface area contributed by atoms with Gasteiger partial charge in [-0.25, -0.2) is 4.79 Å². The lowest BCUT2D eigenvalue weighted by molar-refractivity contribution is -0.131. The second-order valence-electron chi connectivity index (χ2n) is 12.9. The Balaban J connectivity index is 0.000000226. The molecule has 5 aromatic rings. The number of carbonyl (C=O) groups is 3. The van der Waals surface area contributed by atoms with E-state index in [4.69, 9.17) is 18.9 Å². The Kier molecular flexibility index (Phi) is 12.3. The molecule has 0 aromatic heterocycles. The van der Waals surface area contributed by atoms with Crippen molar-refractivity contribution in [2.24, 2.45) is 0 Å². The van der Waals surface area contributed by atoms with Crippen LogP contribution in [0.1, 0.15) is 74.2 Å². The molecule has 5 rings (SSSR count). The van der Waals surface area contributed by atoms with Crippen molar-refractivity contribution >= 4 is 17.7 Å². The molecule has 0 amide bonds. The van der Waals surface area contributed by atoms with Gasteiger partial charge in [0.1, 0.15) is 29.6 Å². The van der Waals surface area contributed by atoms with Crippen molar-refractivity contribution in [2.75, 3.05) is 13.7 Å². The number of methoxy groups -OCH3 is 1. The number of esters is 2. The minimum Gasteiger partial charge on any atom is -0.497 e. The molecule has 0 aliphatic rings. The van der Waals surface area contributed by atoms with Crippen LogP contribution in [0.25, 0.3) is 0 Å². The van der Waals surface area contributed by atoms with Crippen LogP contribution in [-0.2, 0) is 20.4 Å². The average molecular weight is 673 g/mol.